The maximum atomic E-state index is 5.40. The molecule has 2 heterocycles. The molecule has 7 heteroatoms. The van der Waals surface area contributed by atoms with Gasteiger partial charge in [0.05, 0.1) is 7.11 Å². The number of rotatable bonds is 3. The number of ether oxygens (including phenoxy) is 1. The van der Waals surface area contributed by atoms with Gasteiger partial charge in [-0.05, 0) is 29.8 Å². The molecule has 3 rings (SSSR count). The molecule has 0 spiro atoms. The summed E-state index contributed by atoms with van der Waals surface area (Å²) in [7, 11) is 1.66. The Morgan fingerprint density at radius 1 is 1.24 bits per heavy atom. The molecule has 0 unspecified atom stereocenters. The van der Waals surface area contributed by atoms with Crippen molar-refractivity contribution in [3.63, 3.8) is 0 Å². The van der Waals surface area contributed by atoms with E-state index in [1.165, 1.54) is 0 Å². The van der Waals surface area contributed by atoms with E-state index in [0.717, 1.165) is 43.1 Å². The Morgan fingerprint density at radius 2 is 2.00 bits per heavy atom. The largest absolute Gasteiger partial charge is 0.496 e. The van der Waals surface area contributed by atoms with Crippen LogP contribution in [0.4, 0.5) is 5.95 Å². The summed E-state index contributed by atoms with van der Waals surface area (Å²) in [6, 6.07) is 5.89. The molecule has 1 saturated heterocycles. The van der Waals surface area contributed by atoms with E-state index in [4.69, 9.17) is 9.26 Å². The van der Waals surface area contributed by atoms with Crippen LogP contribution >= 0.6 is 22.9 Å². The number of methoxy groups -OCH3 is 1. The van der Waals surface area contributed by atoms with Crippen LogP contribution in [0.5, 0.6) is 5.75 Å². The van der Waals surface area contributed by atoms with Crippen molar-refractivity contribution in [3.8, 4) is 17.2 Å². The fraction of sp³-hybridized carbons (Fsp3) is 0.429. The zero-order valence-electron chi connectivity index (χ0n) is 12.0. The third kappa shape index (κ3) is 3.13. The Labute approximate surface area is 137 Å². The van der Waals surface area contributed by atoms with E-state index in [9.17, 15) is 0 Å². The van der Waals surface area contributed by atoms with Gasteiger partial charge in [0.15, 0.2) is 0 Å². The van der Waals surface area contributed by atoms with E-state index in [0.29, 0.717) is 11.8 Å². The lowest BCUT2D eigenvalue weighted by atomic mass is 10.1. The molecule has 0 bridgehead atoms. The minimum atomic E-state index is 0.528. The van der Waals surface area contributed by atoms with Crippen LogP contribution in [-0.4, -0.2) is 46.5 Å². The molecular weight excluding hydrogens is 383 g/mol. The third-order valence-corrected chi connectivity index (χ3v) is 4.54. The highest BCUT2D eigenvalue weighted by atomic mass is 127. The number of nitrogens with zero attached hydrogens (tertiary/aromatic N) is 4. The van der Waals surface area contributed by atoms with E-state index in [-0.39, 0.29) is 0 Å². The maximum Gasteiger partial charge on any atom is 0.266 e. The summed E-state index contributed by atoms with van der Waals surface area (Å²) >= 11 is 2.34. The predicted molar refractivity (Wildman–Crippen MR) is 88.8 cm³/mol. The average molecular weight is 400 g/mol. The molecule has 21 heavy (non-hydrogen) atoms. The van der Waals surface area contributed by atoms with Gasteiger partial charge in [0.2, 0.25) is 0 Å². The number of aromatic nitrogens is 2. The van der Waals surface area contributed by atoms with Gasteiger partial charge in [-0.1, -0.05) is 6.07 Å². The average Bonchev–Trinajstić information content (AvgIpc) is 2.98. The van der Waals surface area contributed by atoms with Crippen molar-refractivity contribution in [2.45, 2.75) is 6.92 Å². The van der Waals surface area contributed by atoms with Crippen molar-refractivity contribution in [1.29, 1.82) is 0 Å². The van der Waals surface area contributed by atoms with Gasteiger partial charge in [-0.25, -0.2) is 3.11 Å². The first-order valence-electron chi connectivity index (χ1n) is 6.82. The number of aryl methyl sites for hydroxylation is 1. The summed E-state index contributed by atoms with van der Waals surface area (Å²) in [6.07, 6.45) is 0. The molecule has 0 N–H and O–H groups in total. The molecule has 6 nitrogen and oxygen atoms in total. The van der Waals surface area contributed by atoms with Crippen LogP contribution in [0.15, 0.2) is 22.7 Å². The second-order valence-electron chi connectivity index (χ2n) is 4.98. The third-order valence-electron chi connectivity index (χ3n) is 3.58. The molecule has 0 saturated carbocycles. The Bertz CT molecular complexity index is 623. The van der Waals surface area contributed by atoms with E-state index in [2.05, 4.69) is 41.0 Å². The summed E-state index contributed by atoms with van der Waals surface area (Å²) < 4.78 is 13.0. The molecule has 1 aliphatic rings. The summed E-state index contributed by atoms with van der Waals surface area (Å²) in [5, 5.41) is 4.10. The van der Waals surface area contributed by atoms with Crippen LogP contribution in [0.3, 0.4) is 0 Å². The highest BCUT2D eigenvalue weighted by Crippen LogP contribution is 2.27. The molecule has 0 aliphatic carbocycles. The van der Waals surface area contributed by atoms with E-state index in [1.807, 2.05) is 25.1 Å². The van der Waals surface area contributed by atoms with Gasteiger partial charge in [0.1, 0.15) is 5.75 Å². The topological polar surface area (TPSA) is 54.6 Å². The highest BCUT2D eigenvalue weighted by Gasteiger charge is 2.20. The molecule has 1 aliphatic heterocycles. The van der Waals surface area contributed by atoms with Crippen LogP contribution < -0.4 is 9.64 Å². The molecular formula is C14H17IN4O2. The van der Waals surface area contributed by atoms with Gasteiger partial charge in [-0.3, -0.25) is 0 Å². The monoisotopic (exact) mass is 400 g/mol. The van der Waals surface area contributed by atoms with Crippen molar-refractivity contribution in [2.24, 2.45) is 0 Å². The lowest BCUT2D eigenvalue weighted by Gasteiger charge is -2.29. The summed E-state index contributed by atoms with van der Waals surface area (Å²) in [5.41, 5.74) is 1.96. The molecule has 1 aromatic carbocycles. The first-order valence-corrected chi connectivity index (χ1v) is 7.78. The number of halogens is 1. The number of hydrogen-bond donors (Lipinski definition) is 0. The molecule has 112 valence electrons. The minimum absolute atomic E-state index is 0.528. The highest BCUT2D eigenvalue weighted by molar-refractivity contribution is 14.1. The normalized spacial score (nSPS) is 16.2. The Morgan fingerprint density at radius 3 is 2.71 bits per heavy atom. The second kappa shape index (κ2) is 6.18. The quantitative estimate of drug-likeness (QED) is 0.583. The van der Waals surface area contributed by atoms with Gasteiger partial charge in [0, 0.05) is 54.6 Å². The Hall–Kier alpha value is -1.35. The first-order chi connectivity index (χ1) is 10.2. The van der Waals surface area contributed by atoms with Crippen molar-refractivity contribution in [3.05, 3.63) is 23.8 Å². The molecule has 2 aromatic rings. The molecule has 0 radical (unpaired) electrons. The smallest absolute Gasteiger partial charge is 0.266 e. The van der Waals surface area contributed by atoms with Gasteiger partial charge in [-0.2, -0.15) is 4.98 Å². The van der Waals surface area contributed by atoms with Crippen LogP contribution in [0.25, 0.3) is 11.5 Å². The van der Waals surface area contributed by atoms with Gasteiger partial charge < -0.3 is 14.2 Å². The number of anilines is 1. The second-order valence-corrected chi connectivity index (χ2v) is 6.35. The molecule has 1 fully saturated rings. The lowest BCUT2D eigenvalue weighted by molar-refractivity contribution is 0.409. The van der Waals surface area contributed by atoms with Gasteiger partial charge >= 0.3 is 0 Å². The van der Waals surface area contributed by atoms with Crippen molar-refractivity contribution >= 4 is 28.8 Å². The Kier molecular flexibility index (Phi) is 4.29. The molecule has 0 atom stereocenters. The van der Waals surface area contributed by atoms with E-state index >= 15 is 0 Å². The van der Waals surface area contributed by atoms with Gasteiger partial charge in [-0.15, -0.1) is 0 Å². The zero-order valence-corrected chi connectivity index (χ0v) is 14.2. The van der Waals surface area contributed by atoms with Crippen LogP contribution in [0, 0.1) is 6.92 Å². The zero-order chi connectivity index (χ0) is 14.8. The first kappa shape index (κ1) is 14.6. The summed E-state index contributed by atoms with van der Waals surface area (Å²) in [5.74, 6) is 2.01. The van der Waals surface area contributed by atoms with Crippen LogP contribution in [0.1, 0.15) is 5.56 Å². The van der Waals surface area contributed by atoms with Crippen molar-refractivity contribution < 1.29 is 9.26 Å². The maximum absolute atomic E-state index is 5.40. The van der Waals surface area contributed by atoms with Gasteiger partial charge in [0.25, 0.3) is 11.8 Å². The molecule has 0 amide bonds. The van der Waals surface area contributed by atoms with E-state index in [1.54, 1.807) is 7.11 Å². The fourth-order valence-corrected chi connectivity index (χ4v) is 2.73. The summed E-state index contributed by atoms with van der Waals surface area (Å²) in [6.45, 7) is 5.84. The van der Waals surface area contributed by atoms with Crippen molar-refractivity contribution in [1.82, 2.24) is 13.3 Å². The Balaban J connectivity index is 1.81. The minimum Gasteiger partial charge on any atom is -0.496 e. The summed E-state index contributed by atoms with van der Waals surface area (Å²) in [4.78, 5) is 6.65. The van der Waals surface area contributed by atoms with Crippen molar-refractivity contribution in [2.75, 3.05) is 38.2 Å². The molecule has 1 aromatic heterocycles. The lowest BCUT2D eigenvalue weighted by Crippen LogP contribution is -2.42. The van der Waals surface area contributed by atoms with Crippen LogP contribution in [0.2, 0.25) is 0 Å². The number of benzene rings is 1. The SMILES string of the molecule is COc1cc(-c2nc(N3CCN(I)CC3)no2)ccc1C. The number of piperazine rings is 1. The standard InChI is InChI=1S/C14H17IN4O2/c1-10-3-4-11(9-12(10)20-2)13-16-14(17-21-13)18-5-7-19(15)8-6-18/h3-4,9H,5-8H2,1-2H3. The number of hydrogen-bond acceptors (Lipinski definition) is 6. The van der Waals surface area contributed by atoms with Crippen LogP contribution in [-0.2, 0) is 0 Å². The predicted octanol–water partition coefficient (Wildman–Crippen LogP) is 2.53. The fourth-order valence-electron chi connectivity index (χ4n) is 2.30. The van der Waals surface area contributed by atoms with E-state index < -0.39 is 0 Å².